The fourth-order valence-corrected chi connectivity index (χ4v) is 1.43. The summed E-state index contributed by atoms with van der Waals surface area (Å²) >= 11 is 0. The maximum atomic E-state index is 5.42. The molecule has 2 aromatic heterocycles. The fourth-order valence-electron chi connectivity index (χ4n) is 1.43. The molecular weight excluding hydrogens is 174 g/mol. The van der Waals surface area contributed by atoms with E-state index in [2.05, 4.69) is 22.1 Å². The summed E-state index contributed by atoms with van der Waals surface area (Å²) in [6.45, 7) is 0.692. The van der Waals surface area contributed by atoms with Crippen LogP contribution in [-0.2, 0) is 0 Å². The Morgan fingerprint density at radius 1 is 1.43 bits per heavy atom. The standard InChI is InChI=1S/C11H13N3/c12-6-2-1-3-9-4-7-13-11-10(9)5-8-14-11/h1,3-5,7-8H,2,6,12H2,(H,13,14). The molecule has 0 fully saturated rings. The van der Waals surface area contributed by atoms with Crippen LogP contribution < -0.4 is 5.73 Å². The van der Waals surface area contributed by atoms with Crippen LogP contribution in [0, 0.1) is 0 Å². The van der Waals surface area contributed by atoms with Crippen LogP contribution >= 0.6 is 0 Å². The molecule has 0 aromatic carbocycles. The van der Waals surface area contributed by atoms with E-state index < -0.39 is 0 Å². The van der Waals surface area contributed by atoms with Crippen LogP contribution in [0.25, 0.3) is 17.1 Å². The lowest BCUT2D eigenvalue weighted by Gasteiger charge is -1.95. The minimum atomic E-state index is 0.692. The van der Waals surface area contributed by atoms with E-state index in [9.17, 15) is 0 Å². The number of nitrogens with zero attached hydrogens (tertiary/aromatic N) is 1. The number of rotatable bonds is 3. The lowest BCUT2D eigenvalue weighted by atomic mass is 10.1. The molecule has 2 aromatic rings. The molecule has 0 atom stereocenters. The molecule has 0 spiro atoms. The molecule has 0 amide bonds. The van der Waals surface area contributed by atoms with E-state index in [0.29, 0.717) is 6.54 Å². The summed E-state index contributed by atoms with van der Waals surface area (Å²) in [5, 5.41) is 1.15. The van der Waals surface area contributed by atoms with Gasteiger partial charge in [-0.25, -0.2) is 4.98 Å². The molecule has 14 heavy (non-hydrogen) atoms. The Bertz CT molecular complexity index is 442. The zero-order chi connectivity index (χ0) is 9.80. The van der Waals surface area contributed by atoms with Crippen LogP contribution in [0.3, 0.4) is 0 Å². The van der Waals surface area contributed by atoms with Crippen molar-refractivity contribution in [3.63, 3.8) is 0 Å². The van der Waals surface area contributed by atoms with Gasteiger partial charge in [-0.3, -0.25) is 0 Å². The second-order valence-electron chi connectivity index (χ2n) is 3.12. The Morgan fingerprint density at radius 3 is 3.21 bits per heavy atom. The highest BCUT2D eigenvalue weighted by Crippen LogP contribution is 2.16. The van der Waals surface area contributed by atoms with E-state index in [1.165, 1.54) is 5.56 Å². The van der Waals surface area contributed by atoms with Crippen LogP contribution in [0.1, 0.15) is 12.0 Å². The molecule has 3 N–H and O–H groups in total. The molecule has 0 unspecified atom stereocenters. The third-order valence-electron chi connectivity index (χ3n) is 2.12. The van der Waals surface area contributed by atoms with Gasteiger partial charge in [0.05, 0.1) is 0 Å². The van der Waals surface area contributed by atoms with Crippen molar-refractivity contribution in [1.82, 2.24) is 9.97 Å². The summed E-state index contributed by atoms with van der Waals surface area (Å²) in [6, 6.07) is 4.04. The first-order valence-corrected chi connectivity index (χ1v) is 4.70. The smallest absolute Gasteiger partial charge is 0.137 e. The largest absolute Gasteiger partial charge is 0.346 e. The predicted molar refractivity (Wildman–Crippen MR) is 58.8 cm³/mol. The lowest BCUT2D eigenvalue weighted by Crippen LogP contribution is -1.94. The van der Waals surface area contributed by atoms with Crippen LogP contribution in [-0.4, -0.2) is 16.5 Å². The van der Waals surface area contributed by atoms with Gasteiger partial charge >= 0.3 is 0 Å². The van der Waals surface area contributed by atoms with Crippen LogP contribution in [0.2, 0.25) is 0 Å². The normalized spacial score (nSPS) is 11.5. The minimum Gasteiger partial charge on any atom is -0.346 e. The van der Waals surface area contributed by atoms with Gasteiger partial charge in [0.25, 0.3) is 0 Å². The zero-order valence-corrected chi connectivity index (χ0v) is 7.90. The van der Waals surface area contributed by atoms with Crippen LogP contribution in [0.5, 0.6) is 0 Å². The van der Waals surface area contributed by atoms with Gasteiger partial charge in [0, 0.05) is 17.8 Å². The van der Waals surface area contributed by atoms with E-state index in [4.69, 9.17) is 5.73 Å². The molecule has 72 valence electrons. The van der Waals surface area contributed by atoms with Crippen molar-refractivity contribution in [2.45, 2.75) is 6.42 Å². The van der Waals surface area contributed by atoms with E-state index in [0.717, 1.165) is 17.5 Å². The second-order valence-corrected chi connectivity index (χ2v) is 3.12. The molecule has 3 nitrogen and oxygen atoms in total. The molecule has 2 rings (SSSR count). The fraction of sp³-hybridized carbons (Fsp3) is 0.182. The zero-order valence-electron chi connectivity index (χ0n) is 7.90. The van der Waals surface area contributed by atoms with Gasteiger partial charge in [-0.2, -0.15) is 0 Å². The quantitative estimate of drug-likeness (QED) is 0.771. The Morgan fingerprint density at radius 2 is 2.36 bits per heavy atom. The Kier molecular flexibility index (Phi) is 2.60. The number of H-pyrrole nitrogens is 1. The SMILES string of the molecule is NCCC=Cc1ccnc2[nH]ccc12. The van der Waals surface area contributed by atoms with Crippen LogP contribution in [0.4, 0.5) is 0 Å². The molecule has 0 saturated carbocycles. The second kappa shape index (κ2) is 4.07. The number of hydrogen-bond acceptors (Lipinski definition) is 2. The molecule has 3 heteroatoms. The van der Waals surface area contributed by atoms with Gasteiger partial charge in [0.2, 0.25) is 0 Å². The first-order valence-electron chi connectivity index (χ1n) is 4.70. The Balaban J connectivity index is 2.36. The van der Waals surface area contributed by atoms with Gasteiger partial charge in [-0.15, -0.1) is 0 Å². The number of hydrogen-bond donors (Lipinski definition) is 2. The molecule has 0 aliphatic heterocycles. The molecule has 0 radical (unpaired) electrons. The van der Waals surface area contributed by atoms with Crippen LogP contribution in [0.15, 0.2) is 30.6 Å². The Hall–Kier alpha value is -1.61. The Labute approximate surface area is 82.7 Å². The van der Waals surface area contributed by atoms with Gasteiger partial charge in [0.1, 0.15) is 5.65 Å². The molecule has 0 saturated heterocycles. The summed E-state index contributed by atoms with van der Waals surface area (Å²) in [7, 11) is 0. The summed E-state index contributed by atoms with van der Waals surface area (Å²) in [4.78, 5) is 7.30. The van der Waals surface area contributed by atoms with Crippen molar-refractivity contribution in [3.05, 3.63) is 36.2 Å². The highest BCUT2D eigenvalue weighted by molar-refractivity contribution is 5.85. The summed E-state index contributed by atoms with van der Waals surface area (Å²) < 4.78 is 0. The maximum absolute atomic E-state index is 5.42. The van der Waals surface area contributed by atoms with Gasteiger partial charge in [0.15, 0.2) is 0 Å². The number of nitrogens with one attached hydrogen (secondary N) is 1. The van der Waals surface area contributed by atoms with E-state index in [-0.39, 0.29) is 0 Å². The summed E-state index contributed by atoms with van der Waals surface area (Å²) in [6.07, 6.45) is 8.79. The number of nitrogens with two attached hydrogens (primary N) is 1. The number of pyridine rings is 1. The third kappa shape index (κ3) is 1.67. The summed E-state index contributed by atoms with van der Waals surface area (Å²) in [5.41, 5.74) is 7.53. The third-order valence-corrected chi connectivity index (χ3v) is 2.12. The van der Waals surface area contributed by atoms with Crippen molar-refractivity contribution in [3.8, 4) is 0 Å². The molecular formula is C11H13N3. The molecule has 0 bridgehead atoms. The van der Waals surface area contributed by atoms with Gasteiger partial charge < -0.3 is 10.7 Å². The van der Waals surface area contributed by atoms with Gasteiger partial charge in [-0.1, -0.05) is 12.2 Å². The molecule has 0 aliphatic rings. The average Bonchev–Trinajstić information content (AvgIpc) is 2.67. The topological polar surface area (TPSA) is 54.7 Å². The van der Waals surface area contributed by atoms with Gasteiger partial charge in [-0.05, 0) is 30.7 Å². The van der Waals surface area contributed by atoms with Crippen molar-refractivity contribution in [2.75, 3.05) is 6.54 Å². The minimum absolute atomic E-state index is 0.692. The first kappa shape index (κ1) is 8.97. The maximum Gasteiger partial charge on any atom is 0.137 e. The highest BCUT2D eigenvalue weighted by atomic mass is 14.8. The molecule has 2 heterocycles. The number of aromatic amines is 1. The monoisotopic (exact) mass is 187 g/mol. The summed E-state index contributed by atoms with van der Waals surface area (Å²) in [5.74, 6) is 0. The lowest BCUT2D eigenvalue weighted by molar-refractivity contribution is 1.01. The number of fused-ring (bicyclic) bond motifs is 1. The van der Waals surface area contributed by atoms with Crippen molar-refractivity contribution in [1.29, 1.82) is 0 Å². The van der Waals surface area contributed by atoms with Crippen molar-refractivity contribution < 1.29 is 0 Å². The van der Waals surface area contributed by atoms with E-state index >= 15 is 0 Å². The molecule has 0 aliphatic carbocycles. The van der Waals surface area contributed by atoms with E-state index in [1.807, 2.05) is 18.3 Å². The predicted octanol–water partition coefficient (Wildman–Crippen LogP) is 1.92. The van der Waals surface area contributed by atoms with Crippen molar-refractivity contribution >= 4 is 17.1 Å². The van der Waals surface area contributed by atoms with Crippen molar-refractivity contribution in [2.24, 2.45) is 5.73 Å². The highest BCUT2D eigenvalue weighted by Gasteiger charge is 1.97. The first-order chi connectivity index (χ1) is 6.92. The average molecular weight is 187 g/mol. The van der Waals surface area contributed by atoms with E-state index in [1.54, 1.807) is 6.20 Å². The number of aromatic nitrogens is 2.